The number of rotatable bonds is 8. The number of carbonyl (C=O) groups excluding carboxylic acids is 1. The number of ether oxygens (including phenoxy) is 3. The van der Waals surface area contributed by atoms with Gasteiger partial charge in [-0.2, -0.15) is 0 Å². The van der Waals surface area contributed by atoms with Crippen LogP contribution in [0.15, 0.2) is 41.5 Å². The van der Waals surface area contributed by atoms with E-state index in [2.05, 4.69) is 9.98 Å². The summed E-state index contributed by atoms with van der Waals surface area (Å²) in [5.74, 6) is -0.226. The van der Waals surface area contributed by atoms with Crippen LogP contribution in [0.25, 0.3) is 0 Å². The summed E-state index contributed by atoms with van der Waals surface area (Å²) in [6.07, 6.45) is 0.605. The van der Waals surface area contributed by atoms with Crippen molar-refractivity contribution in [2.45, 2.75) is 26.2 Å². The van der Waals surface area contributed by atoms with Gasteiger partial charge in [0.05, 0.1) is 37.3 Å². The minimum absolute atomic E-state index is 0.0766. The maximum absolute atomic E-state index is 14.8. The van der Waals surface area contributed by atoms with Crippen LogP contribution in [0.2, 0.25) is 0 Å². The summed E-state index contributed by atoms with van der Waals surface area (Å²) < 4.78 is 30.8. The van der Waals surface area contributed by atoms with E-state index in [0.717, 1.165) is 5.69 Å². The van der Waals surface area contributed by atoms with Crippen molar-refractivity contribution >= 4 is 17.7 Å². The molecule has 4 N–H and O–H groups in total. The molecule has 0 saturated carbocycles. The van der Waals surface area contributed by atoms with Gasteiger partial charge in [0.2, 0.25) is 0 Å². The molecular weight excluding hydrogens is 393 g/mol. The Morgan fingerprint density at radius 3 is 2.73 bits per heavy atom. The first kappa shape index (κ1) is 21.3. The van der Waals surface area contributed by atoms with Gasteiger partial charge in [-0.25, -0.2) is 9.18 Å². The highest BCUT2D eigenvalue weighted by Gasteiger charge is 2.31. The van der Waals surface area contributed by atoms with Gasteiger partial charge < -0.3 is 30.6 Å². The predicted molar refractivity (Wildman–Crippen MR) is 109 cm³/mol. The summed E-state index contributed by atoms with van der Waals surface area (Å²) in [6.45, 7) is 3.79. The number of hydrogen-bond donors (Lipinski definition) is 2. The summed E-state index contributed by atoms with van der Waals surface area (Å²) in [4.78, 5) is 20.7. The lowest BCUT2D eigenvalue weighted by atomic mass is 10.1. The lowest BCUT2D eigenvalue weighted by Crippen LogP contribution is -2.54. The Hall–Kier alpha value is -3.40. The first-order valence-corrected chi connectivity index (χ1v) is 9.44. The fourth-order valence-corrected chi connectivity index (χ4v) is 2.87. The number of nitrogens with zero attached hydrogens (tertiary/aromatic N) is 3. The van der Waals surface area contributed by atoms with Crippen LogP contribution < -0.4 is 21.1 Å². The molecule has 10 heteroatoms. The van der Waals surface area contributed by atoms with Gasteiger partial charge in [0.25, 0.3) is 0 Å². The van der Waals surface area contributed by atoms with Gasteiger partial charge in [-0.1, -0.05) is 12.1 Å². The Labute approximate surface area is 173 Å². The molecule has 0 spiro atoms. The number of nitrogens with two attached hydrogens (primary N) is 2. The molecule has 2 aromatic rings. The minimum Gasteiger partial charge on any atom is -0.485 e. The number of hydrogen-bond acceptors (Lipinski definition) is 6. The second-order valence-electron chi connectivity index (χ2n) is 6.61. The van der Waals surface area contributed by atoms with Crippen LogP contribution in [-0.4, -0.2) is 42.8 Å². The molecule has 160 valence electrons. The number of anilines is 1. The van der Waals surface area contributed by atoms with Crippen LogP contribution in [0.4, 0.5) is 14.9 Å². The number of halogens is 1. The third-order valence-corrected chi connectivity index (χ3v) is 4.37. The largest absolute Gasteiger partial charge is 0.485 e. The fourth-order valence-electron chi connectivity index (χ4n) is 2.87. The van der Waals surface area contributed by atoms with Gasteiger partial charge in [0.15, 0.2) is 11.8 Å². The quantitative estimate of drug-likeness (QED) is 0.493. The molecule has 2 heterocycles. The number of guanidine groups is 1. The molecule has 0 radical (unpaired) electrons. The molecule has 9 nitrogen and oxygen atoms in total. The van der Waals surface area contributed by atoms with E-state index < -0.39 is 17.9 Å². The summed E-state index contributed by atoms with van der Waals surface area (Å²) >= 11 is 0. The van der Waals surface area contributed by atoms with Crippen molar-refractivity contribution in [1.82, 2.24) is 4.98 Å². The molecule has 1 aliphatic rings. The number of benzene rings is 1. The van der Waals surface area contributed by atoms with E-state index in [9.17, 15) is 9.18 Å². The molecule has 1 amide bonds. The second-order valence-corrected chi connectivity index (χ2v) is 6.61. The average molecular weight is 417 g/mol. The van der Waals surface area contributed by atoms with Gasteiger partial charge in [-0.05, 0) is 25.1 Å². The number of aromatic nitrogens is 1. The van der Waals surface area contributed by atoms with E-state index in [-0.39, 0.29) is 18.3 Å². The van der Waals surface area contributed by atoms with Gasteiger partial charge in [-0.15, -0.1) is 4.99 Å². The van der Waals surface area contributed by atoms with Gasteiger partial charge >= 0.3 is 6.09 Å². The molecule has 1 aromatic heterocycles. The topological polar surface area (TPSA) is 125 Å². The lowest BCUT2D eigenvalue weighted by Gasteiger charge is -2.40. The van der Waals surface area contributed by atoms with E-state index in [4.69, 9.17) is 25.7 Å². The van der Waals surface area contributed by atoms with E-state index in [1.165, 1.54) is 6.07 Å². The zero-order valence-corrected chi connectivity index (χ0v) is 16.6. The third-order valence-electron chi connectivity index (χ3n) is 4.37. The average Bonchev–Trinajstić information content (AvgIpc) is 2.69. The van der Waals surface area contributed by atoms with Crippen LogP contribution in [0.1, 0.15) is 18.2 Å². The van der Waals surface area contributed by atoms with Crippen LogP contribution in [0.3, 0.4) is 0 Å². The highest BCUT2D eigenvalue weighted by Crippen LogP contribution is 2.28. The third kappa shape index (κ3) is 5.57. The molecule has 30 heavy (non-hydrogen) atoms. The monoisotopic (exact) mass is 417 g/mol. The van der Waals surface area contributed by atoms with E-state index in [1.807, 2.05) is 24.0 Å². The number of carbonyl (C=O) groups is 1. The molecule has 1 fully saturated rings. The minimum atomic E-state index is -0.974. The number of pyridine rings is 1. The van der Waals surface area contributed by atoms with Crippen molar-refractivity contribution in [3.8, 4) is 5.75 Å². The molecule has 0 unspecified atom stereocenters. The number of amides is 1. The highest BCUT2D eigenvalue weighted by atomic mass is 19.1. The molecule has 1 saturated heterocycles. The molecule has 0 aliphatic carbocycles. The van der Waals surface area contributed by atoms with Crippen molar-refractivity contribution in [2.24, 2.45) is 16.5 Å². The van der Waals surface area contributed by atoms with E-state index in [0.29, 0.717) is 37.7 Å². The molecular formula is C20H24FN5O4. The summed E-state index contributed by atoms with van der Waals surface area (Å²) in [5, 5.41) is 0. The van der Waals surface area contributed by atoms with Crippen LogP contribution in [-0.2, 0) is 22.7 Å². The van der Waals surface area contributed by atoms with Crippen LogP contribution >= 0.6 is 0 Å². The zero-order chi connectivity index (χ0) is 21.5. The van der Waals surface area contributed by atoms with Gasteiger partial charge in [-0.3, -0.25) is 4.98 Å². The van der Waals surface area contributed by atoms with E-state index >= 15 is 0 Å². The Morgan fingerprint density at radius 2 is 2.07 bits per heavy atom. The zero-order valence-electron chi connectivity index (χ0n) is 16.6. The molecule has 0 atom stereocenters. The molecule has 1 aromatic carbocycles. The normalized spacial score (nSPS) is 13.5. The smallest absolute Gasteiger partial charge is 0.437 e. The van der Waals surface area contributed by atoms with Gasteiger partial charge in [0, 0.05) is 12.2 Å². The first-order valence-electron chi connectivity index (χ1n) is 9.44. The van der Waals surface area contributed by atoms with Crippen molar-refractivity contribution in [3.05, 3.63) is 53.6 Å². The summed E-state index contributed by atoms with van der Waals surface area (Å²) in [7, 11) is 0. The number of aliphatic imine (C=N–C) groups is 1. The maximum Gasteiger partial charge on any atom is 0.437 e. The van der Waals surface area contributed by atoms with Crippen LogP contribution in [0.5, 0.6) is 5.75 Å². The standard InChI is InChI=1S/C20H24FN5O4/c1-2-28-12-14-6-7-15(8-24-14)30-16-9-26(10-16)17-5-3-4-13(18(17)21)11-29-20(27)25-19(22)23/h3-8,16H,2,9-12H2,1H3,(H4,22,23,25,27). The fraction of sp³-hybridized carbons (Fsp3) is 0.350. The SMILES string of the molecule is CCOCc1ccc(OC2CN(c3cccc(COC(=O)N=C(N)N)c3F)C2)cn1. The Bertz CT molecular complexity index is 897. The predicted octanol–water partition coefficient (Wildman–Crippen LogP) is 1.93. The Kier molecular flexibility index (Phi) is 7.02. The van der Waals surface area contributed by atoms with Crippen molar-refractivity contribution in [1.29, 1.82) is 0 Å². The second kappa shape index (κ2) is 9.88. The van der Waals surface area contributed by atoms with Crippen molar-refractivity contribution in [2.75, 3.05) is 24.6 Å². The first-order chi connectivity index (χ1) is 14.5. The van der Waals surface area contributed by atoms with E-state index in [1.54, 1.807) is 18.3 Å². The maximum atomic E-state index is 14.8. The van der Waals surface area contributed by atoms with Crippen molar-refractivity contribution in [3.63, 3.8) is 0 Å². The molecule has 0 bridgehead atoms. The lowest BCUT2D eigenvalue weighted by molar-refractivity contribution is 0.131. The molecule has 3 rings (SSSR count). The molecule has 1 aliphatic heterocycles. The van der Waals surface area contributed by atoms with Crippen LogP contribution in [0, 0.1) is 5.82 Å². The highest BCUT2D eigenvalue weighted by molar-refractivity contribution is 5.87. The Balaban J connectivity index is 1.52. The van der Waals surface area contributed by atoms with Gasteiger partial charge in [0.1, 0.15) is 18.5 Å². The van der Waals surface area contributed by atoms with Crippen molar-refractivity contribution < 1.29 is 23.4 Å². The summed E-state index contributed by atoms with van der Waals surface area (Å²) in [5.41, 5.74) is 11.7. The summed E-state index contributed by atoms with van der Waals surface area (Å²) in [6, 6.07) is 8.59. The Morgan fingerprint density at radius 1 is 1.27 bits per heavy atom.